The SMILES string of the molecule is Cc1cccc(C(=O)N(C)Cc2ccoc2C)c1O. The van der Waals surface area contributed by atoms with Crippen LogP contribution in [-0.4, -0.2) is 23.0 Å². The van der Waals surface area contributed by atoms with Crippen molar-refractivity contribution in [3.8, 4) is 5.75 Å². The summed E-state index contributed by atoms with van der Waals surface area (Å²) in [4.78, 5) is 13.9. The third-order valence-electron chi connectivity index (χ3n) is 3.19. The Bertz CT molecular complexity index is 601. The molecule has 1 amide bonds. The lowest BCUT2D eigenvalue weighted by molar-refractivity contribution is 0.0781. The number of phenolic OH excluding ortho intramolecular Hbond substituents is 1. The predicted octanol–water partition coefficient (Wildman–Crippen LogP) is 2.87. The van der Waals surface area contributed by atoms with Crippen LogP contribution in [0.15, 0.2) is 34.9 Å². The van der Waals surface area contributed by atoms with Gasteiger partial charge < -0.3 is 14.4 Å². The minimum absolute atomic E-state index is 0.0447. The number of hydrogen-bond donors (Lipinski definition) is 1. The molecule has 4 nitrogen and oxygen atoms in total. The Kier molecular flexibility index (Phi) is 3.60. The number of carbonyl (C=O) groups is 1. The summed E-state index contributed by atoms with van der Waals surface area (Å²) >= 11 is 0. The highest BCUT2D eigenvalue weighted by molar-refractivity contribution is 5.97. The Balaban J connectivity index is 2.20. The number of phenols is 1. The molecule has 1 aromatic carbocycles. The number of carbonyl (C=O) groups excluding carboxylic acids is 1. The van der Waals surface area contributed by atoms with Gasteiger partial charge in [0.05, 0.1) is 11.8 Å². The average molecular weight is 259 g/mol. The maximum Gasteiger partial charge on any atom is 0.257 e. The molecule has 0 saturated carbocycles. The molecule has 0 fully saturated rings. The van der Waals surface area contributed by atoms with E-state index in [9.17, 15) is 9.90 Å². The first kappa shape index (κ1) is 13.2. The summed E-state index contributed by atoms with van der Waals surface area (Å²) in [6.45, 7) is 4.08. The fraction of sp³-hybridized carbons (Fsp3) is 0.267. The first-order valence-corrected chi connectivity index (χ1v) is 6.07. The van der Waals surface area contributed by atoms with Crippen molar-refractivity contribution >= 4 is 5.91 Å². The molecule has 2 rings (SSSR count). The molecule has 4 heteroatoms. The molecule has 1 heterocycles. The van der Waals surface area contributed by atoms with Crippen LogP contribution in [0, 0.1) is 13.8 Å². The minimum Gasteiger partial charge on any atom is -0.507 e. The van der Waals surface area contributed by atoms with Crippen molar-refractivity contribution in [3.05, 3.63) is 53.0 Å². The van der Waals surface area contributed by atoms with Gasteiger partial charge in [-0.25, -0.2) is 0 Å². The monoisotopic (exact) mass is 259 g/mol. The first-order valence-electron chi connectivity index (χ1n) is 6.07. The van der Waals surface area contributed by atoms with Crippen LogP contribution >= 0.6 is 0 Å². The van der Waals surface area contributed by atoms with Gasteiger partial charge in [0.2, 0.25) is 0 Å². The molecular formula is C15H17NO3. The number of benzene rings is 1. The van der Waals surface area contributed by atoms with E-state index in [2.05, 4.69) is 0 Å². The van der Waals surface area contributed by atoms with Crippen molar-refractivity contribution in [1.29, 1.82) is 0 Å². The van der Waals surface area contributed by atoms with Crippen molar-refractivity contribution in [2.24, 2.45) is 0 Å². The van der Waals surface area contributed by atoms with E-state index in [1.54, 1.807) is 43.3 Å². The smallest absolute Gasteiger partial charge is 0.257 e. The quantitative estimate of drug-likeness (QED) is 0.922. The summed E-state index contributed by atoms with van der Waals surface area (Å²) in [5, 5.41) is 9.93. The molecule has 0 aliphatic rings. The molecule has 0 aliphatic carbocycles. The lowest BCUT2D eigenvalue weighted by Crippen LogP contribution is -2.26. The van der Waals surface area contributed by atoms with Gasteiger partial charge in [0, 0.05) is 19.2 Å². The Morgan fingerprint density at radius 1 is 1.32 bits per heavy atom. The summed E-state index contributed by atoms with van der Waals surface area (Å²) in [5.41, 5.74) is 1.98. The second-order valence-electron chi connectivity index (χ2n) is 4.63. The van der Waals surface area contributed by atoms with Crippen LogP contribution < -0.4 is 0 Å². The summed E-state index contributed by atoms with van der Waals surface area (Å²) in [6.07, 6.45) is 1.60. The lowest BCUT2D eigenvalue weighted by atomic mass is 10.1. The number of aromatic hydroxyl groups is 1. The Hall–Kier alpha value is -2.23. The highest BCUT2D eigenvalue weighted by Gasteiger charge is 2.17. The van der Waals surface area contributed by atoms with Crippen molar-refractivity contribution in [2.75, 3.05) is 7.05 Å². The Morgan fingerprint density at radius 2 is 2.05 bits per heavy atom. The van der Waals surface area contributed by atoms with E-state index >= 15 is 0 Å². The predicted molar refractivity (Wildman–Crippen MR) is 72.1 cm³/mol. The van der Waals surface area contributed by atoms with E-state index in [1.165, 1.54) is 0 Å². The van der Waals surface area contributed by atoms with Gasteiger partial charge in [0.25, 0.3) is 5.91 Å². The molecule has 0 spiro atoms. The average Bonchev–Trinajstić information content (AvgIpc) is 2.77. The van der Waals surface area contributed by atoms with Gasteiger partial charge in [0.1, 0.15) is 11.5 Å². The lowest BCUT2D eigenvalue weighted by Gasteiger charge is -2.18. The fourth-order valence-corrected chi connectivity index (χ4v) is 1.94. The number of nitrogens with zero attached hydrogens (tertiary/aromatic N) is 1. The van der Waals surface area contributed by atoms with E-state index < -0.39 is 0 Å². The molecule has 1 N–H and O–H groups in total. The fourth-order valence-electron chi connectivity index (χ4n) is 1.94. The topological polar surface area (TPSA) is 53.7 Å². The zero-order chi connectivity index (χ0) is 14.0. The minimum atomic E-state index is -0.207. The number of aryl methyl sites for hydroxylation is 2. The Morgan fingerprint density at radius 3 is 2.68 bits per heavy atom. The van der Waals surface area contributed by atoms with Crippen LogP contribution in [0.4, 0.5) is 0 Å². The van der Waals surface area contributed by atoms with Crippen LogP contribution in [0.1, 0.15) is 27.2 Å². The zero-order valence-electron chi connectivity index (χ0n) is 11.3. The van der Waals surface area contributed by atoms with Gasteiger partial charge in [-0.1, -0.05) is 12.1 Å². The number of para-hydroxylation sites is 1. The highest BCUT2D eigenvalue weighted by atomic mass is 16.3. The molecule has 0 atom stereocenters. The van der Waals surface area contributed by atoms with Gasteiger partial charge >= 0.3 is 0 Å². The maximum atomic E-state index is 12.3. The molecule has 0 radical (unpaired) electrons. The van der Waals surface area contributed by atoms with Crippen molar-refractivity contribution in [1.82, 2.24) is 4.90 Å². The molecule has 100 valence electrons. The first-order chi connectivity index (χ1) is 9.00. The van der Waals surface area contributed by atoms with Crippen LogP contribution in [-0.2, 0) is 6.54 Å². The van der Waals surface area contributed by atoms with Gasteiger partial charge in [-0.3, -0.25) is 4.79 Å². The molecular weight excluding hydrogens is 242 g/mol. The van der Waals surface area contributed by atoms with Gasteiger partial charge in [-0.05, 0) is 31.5 Å². The number of furan rings is 1. The summed E-state index contributed by atoms with van der Waals surface area (Å²) < 4.78 is 5.21. The second kappa shape index (κ2) is 5.18. The summed E-state index contributed by atoms with van der Waals surface area (Å²) in [5.74, 6) is 0.637. The molecule has 0 saturated heterocycles. The van der Waals surface area contributed by atoms with Crippen molar-refractivity contribution in [2.45, 2.75) is 20.4 Å². The largest absolute Gasteiger partial charge is 0.507 e. The van der Waals surface area contributed by atoms with Crippen molar-refractivity contribution < 1.29 is 14.3 Å². The summed E-state index contributed by atoms with van der Waals surface area (Å²) in [6, 6.07) is 7.00. The molecule has 0 aliphatic heterocycles. The van der Waals surface area contributed by atoms with Gasteiger partial charge in [0.15, 0.2) is 0 Å². The van der Waals surface area contributed by atoms with Crippen LogP contribution in [0.2, 0.25) is 0 Å². The van der Waals surface area contributed by atoms with Crippen LogP contribution in [0.25, 0.3) is 0 Å². The third kappa shape index (κ3) is 2.62. The molecule has 0 unspecified atom stereocenters. The van der Waals surface area contributed by atoms with Crippen LogP contribution in [0.5, 0.6) is 5.75 Å². The van der Waals surface area contributed by atoms with E-state index in [-0.39, 0.29) is 11.7 Å². The third-order valence-corrected chi connectivity index (χ3v) is 3.19. The molecule has 0 bridgehead atoms. The molecule has 1 aromatic heterocycles. The highest BCUT2D eigenvalue weighted by Crippen LogP contribution is 2.23. The standard InChI is InChI=1S/C15H17NO3/c1-10-5-4-6-13(14(10)17)15(18)16(3)9-12-7-8-19-11(12)2/h4-8,17H,9H2,1-3H3. The molecule has 19 heavy (non-hydrogen) atoms. The van der Waals surface area contributed by atoms with E-state index in [0.29, 0.717) is 17.7 Å². The second-order valence-corrected chi connectivity index (χ2v) is 4.63. The number of hydrogen-bond acceptors (Lipinski definition) is 3. The van der Waals surface area contributed by atoms with Gasteiger partial charge in [-0.2, -0.15) is 0 Å². The van der Waals surface area contributed by atoms with Crippen molar-refractivity contribution in [3.63, 3.8) is 0 Å². The Labute approximate surface area is 112 Å². The van der Waals surface area contributed by atoms with Crippen LogP contribution in [0.3, 0.4) is 0 Å². The van der Waals surface area contributed by atoms with E-state index in [0.717, 1.165) is 11.3 Å². The number of rotatable bonds is 3. The van der Waals surface area contributed by atoms with Gasteiger partial charge in [-0.15, -0.1) is 0 Å². The normalized spacial score (nSPS) is 10.5. The van der Waals surface area contributed by atoms with E-state index in [1.807, 2.05) is 13.0 Å². The maximum absolute atomic E-state index is 12.3. The zero-order valence-corrected chi connectivity index (χ0v) is 11.3. The molecule has 2 aromatic rings. The van der Waals surface area contributed by atoms with E-state index in [4.69, 9.17) is 4.42 Å². The summed E-state index contributed by atoms with van der Waals surface area (Å²) in [7, 11) is 1.70. The number of amides is 1.